The topological polar surface area (TPSA) is 34.1 Å². The second-order valence-electron chi connectivity index (χ2n) is 2.65. The first kappa shape index (κ1) is 10.4. The van der Waals surface area contributed by atoms with Gasteiger partial charge in [-0.15, -0.1) is 0 Å². The van der Waals surface area contributed by atoms with Crippen LogP contribution in [0.2, 0.25) is 4.47 Å². The molecule has 2 nitrogen and oxygen atoms in total. The maximum atomic E-state index is 10.8. The van der Waals surface area contributed by atoms with Crippen LogP contribution >= 0.6 is 0 Å². The zero-order valence-corrected chi connectivity index (χ0v) is 9.65. The Bertz CT molecular complexity index is 320. The molecule has 0 amide bonds. The molecule has 1 rings (SSSR count). The molecule has 68 valence electrons. The van der Waals surface area contributed by atoms with E-state index in [0.717, 1.165) is 15.5 Å². The number of benzene rings is 1. The summed E-state index contributed by atoms with van der Waals surface area (Å²) in [7, 11) is 0. The molecule has 0 atom stereocenters. The summed E-state index contributed by atoms with van der Waals surface area (Å²) in [6, 6.07) is 7.49. The molecule has 0 heterocycles. The van der Waals surface area contributed by atoms with Crippen LogP contribution in [0.1, 0.15) is 17.3 Å². The fourth-order valence-corrected chi connectivity index (χ4v) is 3.22. The molecule has 0 saturated carbocycles. The number of Topliss-reactive ketones (excluding diaryl/α,β-unsaturated/α-hetero) is 1. The number of hydrogen-bond acceptors (Lipinski definition) is 2. The Balaban J connectivity index is 2.75. The predicted molar refractivity (Wildman–Crippen MR) is 52.7 cm³/mol. The van der Waals surface area contributed by atoms with Crippen molar-refractivity contribution in [3.63, 3.8) is 0 Å². The van der Waals surface area contributed by atoms with Crippen molar-refractivity contribution in [2.75, 3.05) is 0 Å². The molecule has 0 spiro atoms. The van der Waals surface area contributed by atoms with Gasteiger partial charge in [0.05, 0.1) is 0 Å². The molecule has 0 saturated heterocycles. The average Bonchev–Trinajstić information content (AvgIpc) is 2.15. The van der Waals surface area contributed by atoms with Gasteiger partial charge in [-0.2, -0.15) is 0 Å². The fourth-order valence-electron chi connectivity index (χ4n) is 0.889. The van der Waals surface area contributed by atoms with E-state index < -0.39 is 20.9 Å². The number of aldehydes is 1. The van der Waals surface area contributed by atoms with Crippen molar-refractivity contribution < 1.29 is 9.59 Å². The molecule has 0 aromatic heterocycles. The zero-order valence-electron chi connectivity index (χ0n) is 7.32. The number of carbonyl (C=O) groups excluding carboxylic acids is 2. The molecule has 3 heteroatoms. The Morgan fingerprint density at radius 3 is 2.77 bits per heavy atom. The average molecular weight is 290 g/mol. The summed E-state index contributed by atoms with van der Waals surface area (Å²) in [6.07, 6.45) is 0.861. The first-order valence-electron chi connectivity index (χ1n) is 3.90. The van der Waals surface area contributed by atoms with Crippen LogP contribution in [0, 0.1) is 0 Å². The Morgan fingerprint density at radius 1 is 1.46 bits per heavy atom. The van der Waals surface area contributed by atoms with Crippen molar-refractivity contribution in [3.05, 3.63) is 29.8 Å². The van der Waals surface area contributed by atoms with Crippen LogP contribution in [0.3, 0.4) is 0 Å². The molecule has 0 bridgehead atoms. The van der Waals surface area contributed by atoms with Crippen LogP contribution < -0.4 is 3.61 Å². The van der Waals surface area contributed by atoms with Crippen molar-refractivity contribution in [2.24, 2.45) is 0 Å². The van der Waals surface area contributed by atoms with E-state index in [0.29, 0.717) is 4.47 Å². The standard InChI is InChI=1S/C10H10O2Te/c1-8(12)7-13-10-5-3-2-4-9(10)6-11/h2-6H,7H2,1H3. The van der Waals surface area contributed by atoms with E-state index in [4.69, 9.17) is 0 Å². The van der Waals surface area contributed by atoms with Crippen molar-refractivity contribution in [3.8, 4) is 0 Å². The molecular formula is C10H10O2Te. The summed E-state index contributed by atoms with van der Waals surface area (Å²) in [4.78, 5) is 21.4. The van der Waals surface area contributed by atoms with E-state index in [1.165, 1.54) is 0 Å². The maximum absolute atomic E-state index is 10.8. The molecule has 0 radical (unpaired) electrons. The molecule has 0 aliphatic heterocycles. The van der Waals surface area contributed by atoms with E-state index in [1.807, 2.05) is 18.2 Å². The van der Waals surface area contributed by atoms with Crippen molar-refractivity contribution >= 4 is 36.6 Å². The summed E-state index contributed by atoms with van der Waals surface area (Å²) in [5.41, 5.74) is 0.742. The van der Waals surface area contributed by atoms with Crippen LogP contribution in [0.25, 0.3) is 0 Å². The van der Waals surface area contributed by atoms with E-state index >= 15 is 0 Å². The number of carbonyl (C=O) groups is 2. The molecule has 1 aromatic carbocycles. The molecule has 13 heavy (non-hydrogen) atoms. The first-order valence-corrected chi connectivity index (χ1v) is 6.72. The summed E-state index contributed by atoms with van der Waals surface area (Å²) < 4.78 is 1.72. The summed E-state index contributed by atoms with van der Waals surface area (Å²) in [5.74, 6) is 0.211. The number of hydrogen-bond donors (Lipinski definition) is 0. The third kappa shape index (κ3) is 3.30. The van der Waals surface area contributed by atoms with Crippen molar-refractivity contribution in [1.29, 1.82) is 0 Å². The second kappa shape index (κ2) is 5.16. The minimum absolute atomic E-state index is 0.211. The molecule has 0 fully saturated rings. The van der Waals surface area contributed by atoms with E-state index in [2.05, 4.69) is 0 Å². The summed E-state index contributed by atoms with van der Waals surface area (Å²) in [6.45, 7) is 1.59. The van der Waals surface area contributed by atoms with Crippen LogP contribution in [-0.4, -0.2) is 33.0 Å². The van der Waals surface area contributed by atoms with Crippen LogP contribution in [-0.2, 0) is 4.79 Å². The van der Waals surface area contributed by atoms with E-state index in [9.17, 15) is 9.59 Å². The van der Waals surface area contributed by atoms with Gasteiger partial charge in [-0.25, -0.2) is 0 Å². The Morgan fingerprint density at radius 2 is 2.15 bits per heavy atom. The van der Waals surface area contributed by atoms with Gasteiger partial charge in [-0.3, -0.25) is 0 Å². The Hall–Kier alpha value is -0.650. The second-order valence-corrected chi connectivity index (χ2v) is 5.55. The van der Waals surface area contributed by atoms with Gasteiger partial charge >= 0.3 is 87.4 Å². The predicted octanol–water partition coefficient (Wildman–Crippen LogP) is 0.836. The Kier molecular flexibility index (Phi) is 4.14. The van der Waals surface area contributed by atoms with Gasteiger partial charge in [-0.05, 0) is 0 Å². The fraction of sp³-hybridized carbons (Fsp3) is 0.200. The van der Waals surface area contributed by atoms with Gasteiger partial charge in [0.15, 0.2) is 0 Å². The van der Waals surface area contributed by atoms with E-state index in [-0.39, 0.29) is 5.78 Å². The third-order valence-electron chi connectivity index (χ3n) is 1.48. The van der Waals surface area contributed by atoms with Gasteiger partial charge in [-0.1, -0.05) is 0 Å². The van der Waals surface area contributed by atoms with Gasteiger partial charge < -0.3 is 0 Å². The van der Waals surface area contributed by atoms with Crippen LogP contribution in [0.15, 0.2) is 24.3 Å². The van der Waals surface area contributed by atoms with Gasteiger partial charge in [0.1, 0.15) is 0 Å². The first-order chi connectivity index (χ1) is 6.24. The van der Waals surface area contributed by atoms with Gasteiger partial charge in [0, 0.05) is 0 Å². The molecule has 0 N–H and O–H groups in total. The molecular weight excluding hydrogens is 280 g/mol. The SMILES string of the molecule is CC(=O)C[Te]c1ccccc1C=O. The molecule has 0 aliphatic carbocycles. The minimum atomic E-state index is -0.500. The van der Waals surface area contributed by atoms with Crippen LogP contribution in [0.4, 0.5) is 0 Å². The van der Waals surface area contributed by atoms with E-state index in [1.54, 1.807) is 13.0 Å². The van der Waals surface area contributed by atoms with Gasteiger partial charge in [0.2, 0.25) is 0 Å². The monoisotopic (exact) mass is 292 g/mol. The van der Waals surface area contributed by atoms with Crippen molar-refractivity contribution in [1.82, 2.24) is 0 Å². The van der Waals surface area contributed by atoms with Gasteiger partial charge in [0.25, 0.3) is 0 Å². The summed E-state index contributed by atoms with van der Waals surface area (Å²) >= 11 is -0.500. The normalized spacial score (nSPS) is 9.62. The quantitative estimate of drug-likeness (QED) is 0.608. The number of rotatable bonds is 4. The number of ketones is 1. The Labute approximate surface area is 87.4 Å². The van der Waals surface area contributed by atoms with Crippen LogP contribution in [0.5, 0.6) is 0 Å². The molecule has 0 unspecified atom stereocenters. The summed E-state index contributed by atoms with van der Waals surface area (Å²) in [5, 5.41) is 0. The third-order valence-corrected chi connectivity index (χ3v) is 5.00. The molecule has 1 aromatic rings. The van der Waals surface area contributed by atoms with Crippen molar-refractivity contribution in [2.45, 2.75) is 11.4 Å². The molecule has 0 aliphatic rings. The zero-order chi connectivity index (χ0) is 9.68.